The van der Waals surface area contributed by atoms with Gasteiger partial charge in [0.15, 0.2) is 0 Å². The highest BCUT2D eigenvalue weighted by Gasteiger charge is 2.18. The molecule has 2 aromatic carbocycles. The number of nitro groups is 1. The maximum absolute atomic E-state index is 13.1. The first-order valence-corrected chi connectivity index (χ1v) is 9.25. The van der Waals surface area contributed by atoms with Gasteiger partial charge in [0, 0.05) is 50.0 Å². The quantitative estimate of drug-likeness (QED) is 0.610. The van der Waals surface area contributed by atoms with Gasteiger partial charge in [-0.2, -0.15) is 0 Å². The number of nitrogens with one attached hydrogen (secondary N) is 1. The summed E-state index contributed by atoms with van der Waals surface area (Å²) >= 11 is 0. The lowest BCUT2D eigenvalue weighted by Crippen LogP contribution is -2.39. The van der Waals surface area contributed by atoms with Crippen LogP contribution in [0.3, 0.4) is 0 Å². The lowest BCUT2D eigenvalue weighted by Gasteiger charge is -2.23. The van der Waals surface area contributed by atoms with Gasteiger partial charge >= 0.3 is 0 Å². The fourth-order valence-electron chi connectivity index (χ4n) is 3.33. The number of carbonyl (C=O) groups is 1. The van der Waals surface area contributed by atoms with Gasteiger partial charge in [-0.25, -0.2) is 4.39 Å². The van der Waals surface area contributed by atoms with Crippen molar-refractivity contribution in [2.75, 3.05) is 37.6 Å². The minimum atomic E-state index is -0.444. The molecule has 0 radical (unpaired) electrons. The molecular formula is C20H23FN4O3. The number of amides is 1. The normalized spacial score (nSPS) is 15.1. The van der Waals surface area contributed by atoms with E-state index in [-0.39, 0.29) is 30.5 Å². The second kappa shape index (κ2) is 9.27. The van der Waals surface area contributed by atoms with E-state index in [2.05, 4.69) is 15.1 Å². The molecule has 1 heterocycles. The number of nitro benzene ring substituents is 1. The molecule has 1 saturated heterocycles. The van der Waals surface area contributed by atoms with Gasteiger partial charge in [0.05, 0.1) is 11.5 Å². The summed E-state index contributed by atoms with van der Waals surface area (Å²) in [7, 11) is 0. The summed E-state index contributed by atoms with van der Waals surface area (Å²) in [5.74, 6) is -0.413. The van der Waals surface area contributed by atoms with E-state index in [1.807, 2.05) is 0 Å². The molecule has 0 aromatic heterocycles. The van der Waals surface area contributed by atoms with Crippen LogP contribution in [-0.2, 0) is 11.3 Å². The maximum Gasteiger partial charge on any atom is 0.274 e. The SMILES string of the molecule is O=C(CN1CCCN(c2ccc(F)cc2)CC1)NCc1ccccc1[N+](=O)[O-]. The predicted octanol–water partition coefficient (Wildman–Crippen LogP) is 2.56. The Morgan fingerprint density at radius 3 is 2.57 bits per heavy atom. The minimum absolute atomic E-state index is 0.00696. The van der Waals surface area contributed by atoms with E-state index in [0.717, 1.165) is 38.3 Å². The van der Waals surface area contributed by atoms with Gasteiger partial charge in [-0.1, -0.05) is 18.2 Å². The van der Waals surface area contributed by atoms with Gasteiger partial charge in [-0.15, -0.1) is 0 Å². The minimum Gasteiger partial charge on any atom is -0.370 e. The Kier molecular flexibility index (Phi) is 6.54. The fraction of sp³-hybridized carbons (Fsp3) is 0.350. The topological polar surface area (TPSA) is 78.7 Å². The van der Waals surface area contributed by atoms with Crippen molar-refractivity contribution in [1.82, 2.24) is 10.2 Å². The smallest absolute Gasteiger partial charge is 0.274 e. The molecule has 0 spiro atoms. The van der Waals surface area contributed by atoms with Crippen LogP contribution >= 0.6 is 0 Å². The van der Waals surface area contributed by atoms with E-state index >= 15 is 0 Å². The highest BCUT2D eigenvalue weighted by atomic mass is 19.1. The van der Waals surface area contributed by atoms with Crippen LogP contribution in [0.2, 0.25) is 0 Å². The summed E-state index contributed by atoms with van der Waals surface area (Å²) in [5.41, 5.74) is 1.47. The van der Waals surface area contributed by atoms with Crippen LogP contribution < -0.4 is 10.2 Å². The lowest BCUT2D eigenvalue weighted by molar-refractivity contribution is -0.385. The van der Waals surface area contributed by atoms with Gasteiger partial charge < -0.3 is 10.2 Å². The van der Waals surface area contributed by atoms with Gasteiger partial charge in [0.2, 0.25) is 5.91 Å². The van der Waals surface area contributed by atoms with Gasteiger partial charge in [0.25, 0.3) is 5.69 Å². The molecule has 28 heavy (non-hydrogen) atoms. The number of carbonyl (C=O) groups excluding carboxylic acids is 1. The summed E-state index contributed by atoms with van der Waals surface area (Å²) in [5, 5.41) is 13.8. The third-order valence-electron chi connectivity index (χ3n) is 4.81. The number of rotatable bonds is 6. The number of nitrogens with zero attached hydrogens (tertiary/aromatic N) is 3. The molecule has 2 aromatic rings. The standard InChI is InChI=1S/C20H23FN4O3/c21-17-6-8-18(9-7-17)24-11-3-10-23(12-13-24)15-20(26)22-14-16-4-1-2-5-19(16)25(27)28/h1-2,4-9H,3,10-15H2,(H,22,26). The number of para-hydroxylation sites is 1. The summed E-state index contributed by atoms with van der Waals surface area (Å²) in [6, 6.07) is 12.8. The fourth-order valence-corrected chi connectivity index (χ4v) is 3.33. The first kappa shape index (κ1) is 19.8. The zero-order valence-corrected chi connectivity index (χ0v) is 15.5. The van der Waals surface area contributed by atoms with E-state index in [1.165, 1.54) is 18.2 Å². The molecule has 0 bridgehead atoms. The van der Waals surface area contributed by atoms with Crippen molar-refractivity contribution < 1.29 is 14.1 Å². The summed E-state index contributed by atoms with van der Waals surface area (Å²) in [6.45, 7) is 3.49. The van der Waals surface area contributed by atoms with Gasteiger partial charge in [-0.3, -0.25) is 19.8 Å². The zero-order chi connectivity index (χ0) is 19.9. The Bertz CT molecular complexity index is 828. The van der Waals surface area contributed by atoms with Crippen LogP contribution in [0, 0.1) is 15.9 Å². The third kappa shape index (κ3) is 5.26. The molecule has 8 heteroatoms. The van der Waals surface area contributed by atoms with Crippen LogP contribution in [-0.4, -0.2) is 48.5 Å². The molecule has 0 unspecified atom stereocenters. The van der Waals surface area contributed by atoms with Crippen LogP contribution in [0.25, 0.3) is 0 Å². The van der Waals surface area contributed by atoms with Crippen LogP contribution in [0.15, 0.2) is 48.5 Å². The van der Waals surface area contributed by atoms with E-state index < -0.39 is 4.92 Å². The monoisotopic (exact) mass is 386 g/mol. The van der Waals surface area contributed by atoms with Crippen molar-refractivity contribution in [2.24, 2.45) is 0 Å². The Labute approximate surface area is 162 Å². The molecule has 0 saturated carbocycles. The molecule has 148 valence electrons. The van der Waals surface area contributed by atoms with Crippen molar-refractivity contribution in [3.8, 4) is 0 Å². The molecule has 0 atom stereocenters. The largest absolute Gasteiger partial charge is 0.370 e. The van der Waals surface area contributed by atoms with E-state index in [9.17, 15) is 19.3 Å². The summed E-state index contributed by atoms with van der Waals surface area (Å²) in [4.78, 5) is 27.1. The van der Waals surface area contributed by atoms with Crippen molar-refractivity contribution in [3.63, 3.8) is 0 Å². The van der Waals surface area contributed by atoms with E-state index in [4.69, 9.17) is 0 Å². The van der Waals surface area contributed by atoms with E-state index in [0.29, 0.717) is 5.56 Å². The highest BCUT2D eigenvalue weighted by Crippen LogP contribution is 2.18. The lowest BCUT2D eigenvalue weighted by atomic mass is 10.2. The molecule has 3 rings (SSSR count). The predicted molar refractivity (Wildman–Crippen MR) is 105 cm³/mol. The highest BCUT2D eigenvalue weighted by molar-refractivity contribution is 5.78. The van der Waals surface area contributed by atoms with Crippen LogP contribution in [0.5, 0.6) is 0 Å². The molecule has 7 nitrogen and oxygen atoms in total. The second-order valence-corrected chi connectivity index (χ2v) is 6.76. The molecular weight excluding hydrogens is 363 g/mol. The summed E-state index contributed by atoms with van der Waals surface area (Å²) < 4.78 is 13.1. The molecule has 0 aliphatic carbocycles. The Morgan fingerprint density at radius 2 is 1.82 bits per heavy atom. The number of hydrogen-bond acceptors (Lipinski definition) is 5. The Hall–Kier alpha value is -3.00. The number of halogens is 1. The first-order chi connectivity index (χ1) is 13.5. The number of benzene rings is 2. The Balaban J connectivity index is 1.50. The average molecular weight is 386 g/mol. The molecule has 1 aliphatic rings. The van der Waals surface area contributed by atoms with Crippen molar-refractivity contribution in [3.05, 3.63) is 70.0 Å². The van der Waals surface area contributed by atoms with Crippen molar-refractivity contribution in [1.29, 1.82) is 0 Å². The van der Waals surface area contributed by atoms with Gasteiger partial charge in [-0.05, 0) is 30.7 Å². The van der Waals surface area contributed by atoms with Gasteiger partial charge in [0.1, 0.15) is 5.82 Å². The molecule has 1 amide bonds. The Morgan fingerprint density at radius 1 is 1.07 bits per heavy atom. The third-order valence-corrected chi connectivity index (χ3v) is 4.81. The molecule has 1 aliphatic heterocycles. The number of hydrogen-bond donors (Lipinski definition) is 1. The number of anilines is 1. The zero-order valence-electron chi connectivity index (χ0n) is 15.5. The van der Waals surface area contributed by atoms with E-state index in [1.54, 1.807) is 30.3 Å². The van der Waals surface area contributed by atoms with Crippen LogP contribution in [0.1, 0.15) is 12.0 Å². The maximum atomic E-state index is 13.1. The summed E-state index contributed by atoms with van der Waals surface area (Å²) in [6.07, 6.45) is 0.898. The van der Waals surface area contributed by atoms with Crippen molar-refractivity contribution >= 4 is 17.3 Å². The molecule has 1 N–H and O–H groups in total. The van der Waals surface area contributed by atoms with Crippen LogP contribution in [0.4, 0.5) is 15.8 Å². The molecule has 1 fully saturated rings. The van der Waals surface area contributed by atoms with Crippen molar-refractivity contribution in [2.45, 2.75) is 13.0 Å². The first-order valence-electron chi connectivity index (χ1n) is 9.25. The average Bonchev–Trinajstić information content (AvgIpc) is 2.93. The second-order valence-electron chi connectivity index (χ2n) is 6.76.